The van der Waals surface area contributed by atoms with Crippen molar-refractivity contribution in [3.63, 3.8) is 0 Å². The highest BCUT2D eigenvalue weighted by Crippen LogP contribution is 1.83. The molecule has 0 rings (SSSR count). The lowest BCUT2D eigenvalue weighted by atomic mass is 11.6. The minimum Gasteiger partial charge on any atom is -0.205 e. The van der Waals surface area contributed by atoms with Gasteiger partial charge < -0.3 is 0 Å². The van der Waals surface area contributed by atoms with Crippen LogP contribution in [-0.4, -0.2) is 15.5 Å². The summed E-state index contributed by atoms with van der Waals surface area (Å²) in [5.41, 5.74) is 0. The van der Waals surface area contributed by atoms with E-state index >= 15 is 0 Å². The van der Waals surface area contributed by atoms with Gasteiger partial charge in [-0.15, -0.1) is 0 Å². The third-order valence-corrected chi connectivity index (χ3v) is 1.19. The fraction of sp³-hybridized carbons (Fsp3) is 1.00. The molecule has 0 aromatic heterocycles. The first-order valence-electron chi connectivity index (χ1n) is 1.19. The SMILES string of the molecule is C.CNS(=O)(=O)Cl. The van der Waals surface area contributed by atoms with E-state index in [-0.39, 0.29) is 7.43 Å². The van der Waals surface area contributed by atoms with Crippen molar-refractivity contribution in [1.82, 2.24) is 4.72 Å². The molecule has 0 unspecified atom stereocenters. The number of rotatable bonds is 1. The summed E-state index contributed by atoms with van der Waals surface area (Å²) < 4.78 is 21.2. The monoisotopic (exact) mass is 145 g/mol. The van der Waals surface area contributed by atoms with E-state index in [4.69, 9.17) is 0 Å². The van der Waals surface area contributed by atoms with Gasteiger partial charge in [0.1, 0.15) is 0 Å². The number of hydrogen-bond donors (Lipinski definition) is 1. The van der Waals surface area contributed by atoms with Gasteiger partial charge in [0.2, 0.25) is 0 Å². The first-order chi connectivity index (χ1) is 2.56. The van der Waals surface area contributed by atoms with E-state index in [2.05, 4.69) is 10.7 Å². The van der Waals surface area contributed by atoms with Crippen LogP contribution < -0.4 is 4.72 Å². The van der Waals surface area contributed by atoms with E-state index < -0.39 is 9.24 Å². The van der Waals surface area contributed by atoms with Crippen LogP contribution in [0.2, 0.25) is 0 Å². The molecule has 0 radical (unpaired) electrons. The Morgan fingerprint density at radius 3 is 1.71 bits per heavy atom. The Morgan fingerprint density at radius 2 is 1.71 bits per heavy atom. The predicted molar refractivity (Wildman–Crippen MR) is 30.6 cm³/mol. The highest BCUT2D eigenvalue weighted by atomic mass is 35.7. The van der Waals surface area contributed by atoms with Crippen LogP contribution in [0.1, 0.15) is 7.43 Å². The largest absolute Gasteiger partial charge is 0.297 e. The quantitative estimate of drug-likeness (QED) is 0.541. The van der Waals surface area contributed by atoms with Gasteiger partial charge in [-0.25, -0.2) is 4.72 Å². The molecule has 0 aliphatic carbocycles. The van der Waals surface area contributed by atoms with Crippen molar-refractivity contribution in [2.75, 3.05) is 7.05 Å². The summed E-state index contributed by atoms with van der Waals surface area (Å²) in [7, 11) is 2.38. The zero-order valence-corrected chi connectivity index (χ0v) is 4.68. The second-order valence-corrected chi connectivity index (χ2v) is 3.14. The molecule has 7 heavy (non-hydrogen) atoms. The molecule has 0 spiro atoms. The molecule has 0 fully saturated rings. The molecule has 0 aromatic carbocycles. The smallest absolute Gasteiger partial charge is 0.205 e. The molecule has 0 aliphatic heterocycles. The summed E-state index contributed by atoms with van der Waals surface area (Å²) in [5.74, 6) is 0. The molecular formula is C2H8ClNO2S. The molecule has 0 heterocycles. The molecule has 1 N–H and O–H groups in total. The normalized spacial score (nSPS) is 10.0. The summed E-state index contributed by atoms with van der Waals surface area (Å²) in [6, 6.07) is 0. The minimum absolute atomic E-state index is 0. The van der Waals surface area contributed by atoms with Crippen molar-refractivity contribution in [1.29, 1.82) is 0 Å². The van der Waals surface area contributed by atoms with Gasteiger partial charge in [-0.05, 0) is 0 Å². The Balaban J connectivity index is 0. The summed E-state index contributed by atoms with van der Waals surface area (Å²) in [4.78, 5) is 0. The van der Waals surface area contributed by atoms with Crippen LogP contribution in [0, 0.1) is 0 Å². The summed E-state index contributed by atoms with van der Waals surface area (Å²) >= 11 is 0. The third kappa shape index (κ3) is 10.7. The number of halogens is 1. The van der Waals surface area contributed by atoms with Crippen LogP contribution >= 0.6 is 10.7 Å². The first kappa shape index (κ1) is 10.2. The van der Waals surface area contributed by atoms with Gasteiger partial charge in [-0.2, -0.15) is 8.42 Å². The second kappa shape index (κ2) is 3.23. The topological polar surface area (TPSA) is 46.2 Å². The lowest BCUT2D eigenvalue weighted by Crippen LogP contribution is -2.09. The van der Waals surface area contributed by atoms with Gasteiger partial charge in [0.15, 0.2) is 0 Å². The van der Waals surface area contributed by atoms with E-state index in [1.54, 1.807) is 0 Å². The van der Waals surface area contributed by atoms with Crippen LogP contribution in [0.4, 0.5) is 0 Å². The molecule has 0 saturated heterocycles. The van der Waals surface area contributed by atoms with Gasteiger partial charge in [-0.3, -0.25) is 0 Å². The maximum atomic E-state index is 9.65. The van der Waals surface area contributed by atoms with Crippen LogP contribution in [-0.2, 0) is 9.24 Å². The maximum absolute atomic E-state index is 9.65. The van der Waals surface area contributed by atoms with Gasteiger partial charge in [0.25, 0.3) is 9.24 Å². The average Bonchev–Trinajstić information content (AvgIpc) is 1.35. The molecule has 0 atom stereocenters. The zero-order chi connectivity index (χ0) is 5.21. The summed E-state index contributed by atoms with van der Waals surface area (Å²) in [6.45, 7) is 0. The molecule has 0 aromatic rings. The summed E-state index contributed by atoms with van der Waals surface area (Å²) in [5, 5.41) is 0. The zero-order valence-electron chi connectivity index (χ0n) is 3.10. The maximum Gasteiger partial charge on any atom is 0.297 e. The molecule has 0 amide bonds. The molecule has 3 nitrogen and oxygen atoms in total. The van der Waals surface area contributed by atoms with E-state index in [1.807, 2.05) is 4.72 Å². The molecule has 0 bridgehead atoms. The Kier molecular flexibility index (Phi) is 4.73. The van der Waals surface area contributed by atoms with Crippen molar-refractivity contribution in [2.24, 2.45) is 0 Å². The molecule has 0 aliphatic rings. The highest BCUT2D eigenvalue weighted by molar-refractivity contribution is 8.12. The van der Waals surface area contributed by atoms with Crippen LogP contribution in [0.15, 0.2) is 0 Å². The van der Waals surface area contributed by atoms with Crippen molar-refractivity contribution in [3.8, 4) is 0 Å². The van der Waals surface area contributed by atoms with Crippen molar-refractivity contribution in [3.05, 3.63) is 0 Å². The van der Waals surface area contributed by atoms with Gasteiger partial charge >= 0.3 is 0 Å². The number of nitrogens with one attached hydrogen (secondary N) is 1. The molecule has 5 heteroatoms. The lowest BCUT2D eigenvalue weighted by molar-refractivity contribution is 0.602. The Hall–Kier alpha value is 0.200. The third-order valence-electron chi connectivity index (χ3n) is 0.244. The van der Waals surface area contributed by atoms with E-state index in [0.29, 0.717) is 0 Å². The fourth-order valence-electron chi connectivity index (χ4n) is 0. The Labute approximate surface area is 48.2 Å². The Morgan fingerprint density at radius 1 is 1.57 bits per heavy atom. The van der Waals surface area contributed by atoms with E-state index in [0.717, 1.165) is 0 Å². The highest BCUT2D eigenvalue weighted by Gasteiger charge is 1.92. The van der Waals surface area contributed by atoms with Crippen molar-refractivity contribution < 1.29 is 8.42 Å². The van der Waals surface area contributed by atoms with Crippen LogP contribution in [0.25, 0.3) is 0 Å². The Bertz CT molecular complexity index is 118. The second-order valence-electron chi connectivity index (χ2n) is 0.642. The molecule has 46 valence electrons. The fourth-order valence-corrected chi connectivity index (χ4v) is 0. The average molecular weight is 146 g/mol. The van der Waals surface area contributed by atoms with Crippen molar-refractivity contribution in [2.45, 2.75) is 7.43 Å². The van der Waals surface area contributed by atoms with Gasteiger partial charge in [-0.1, -0.05) is 7.43 Å². The van der Waals surface area contributed by atoms with Crippen LogP contribution in [0.3, 0.4) is 0 Å². The van der Waals surface area contributed by atoms with E-state index in [9.17, 15) is 8.42 Å². The standard InChI is InChI=1S/CH4ClNO2S.CH4/c1-3-6(2,4)5;/h3H,1H3;1H4. The van der Waals surface area contributed by atoms with Crippen LogP contribution in [0.5, 0.6) is 0 Å². The number of hydrogen-bond acceptors (Lipinski definition) is 2. The molecule has 0 saturated carbocycles. The minimum atomic E-state index is -3.44. The predicted octanol–water partition coefficient (Wildman–Crippen LogP) is 0.325. The van der Waals surface area contributed by atoms with E-state index in [1.165, 1.54) is 7.05 Å². The van der Waals surface area contributed by atoms with Gasteiger partial charge in [0.05, 0.1) is 0 Å². The van der Waals surface area contributed by atoms with Crippen molar-refractivity contribution >= 4 is 19.9 Å². The summed E-state index contributed by atoms with van der Waals surface area (Å²) in [6.07, 6.45) is 0. The first-order valence-corrected chi connectivity index (χ1v) is 3.50. The lowest BCUT2D eigenvalue weighted by Gasteiger charge is -1.81. The van der Waals surface area contributed by atoms with Gasteiger partial charge in [0, 0.05) is 17.7 Å². The molecular weight excluding hydrogens is 138 g/mol.